The molecule has 2 unspecified atom stereocenters. The van der Waals surface area contributed by atoms with Crippen molar-refractivity contribution in [2.24, 2.45) is 5.92 Å². The van der Waals surface area contributed by atoms with E-state index in [2.05, 4.69) is 29.0 Å². The summed E-state index contributed by atoms with van der Waals surface area (Å²) in [7, 11) is 0. The molecule has 2 heterocycles. The highest BCUT2D eigenvalue weighted by Crippen LogP contribution is 2.16. The lowest BCUT2D eigenvalue weighted by Crippen LogP contribution is -2.50. The van der Waals surface area contributed by atoms with Crippen LogP contribution in [0.25, 0.3) is 0 Å². The van der Waals surface area contributed by atoms with Crippen LogP contribution in [0, 0.1) is 5.92 Å². The van der Waals surface area contributed by atoms with Gasteiger partial charge in [0, 0.05) is 19.6 Å². The van der Waals surface area contributed by atoms with Gasteiger partial charge in [-0.1, -0.05) is 19.8 Å². The van der Waals surface area contributed by atoms with Crippen LogP contribution in [-0.2, 0) is 4.79 Å². The summed E-state index contributed by atoms with van der Waals surface area (Å²) >= 11 is 0. The van der Waals surface area contributed by atoms with Gasteiger partial charge in [0.15, 0.2) is 0 Å². The minimum absolute atomic E-state index is 0.0371. The zero-order valence-corrected chi connectivity index (χ0v) is 13.9. The van der Waals surface area contributed by atoms with Crippen LogP contribution in [0.5, 0.6) is 0 Å². The molecule has 0 aromatic carbocycles. The van der Waals surface area contributed by atoms with E-state index < -0.39 is 0 Å². The Bertz CT molecular complexity index is 307. The molecule has 0 bridgehead atoms. The first-order valence-corrected chi connectivity index (χ1v) is 8.96. The van der Waals surface area contributed by atoms with Gasteiger partial charge in [-0.3, -0.25) is 9.69 Å². The largest absolute Gasteiger partial charge is 0.341 e. The third-order valence-corrected chi connectivity index (χ3v) is 5.12. The van der Waals surface area contributed by atoms with E-state index in [4.69, 9.17) is 0 Å². The molecule has 122 valence electrons. The van der Waals surface area contributed by atoms with Gasteiger partial charge in [0.2, 0.25) is 5.91 Å². The van der Waals surface area contributed by atoms with Crippen LogP contribution in [0.3, 0.4) is 0 Å². The van der Waals surface area contributed by atoms with Crippen molar-refractivity contribution in [3.8, 4) is 0 Å². The van der Waals surface area contributed by atoms with Crippen molar-refractivity contribution in [2.45, 2.75) is 58.4 Å². The maximum absolute atomic E-state index is 12.8. The first-order chi connectivity index (χ1) is 10.2. The van der Waals surface area contributed by atoms with E-state index in [0.29, 0.717) is 11.8 Å². The van der Waals surface area contributed by atoms with Crippen molar-refractivity contribution in [3.63, 3.8) is 0 Å². The maximum Gasteiger partial charge on any atom is 0.239 e. The Morgan fingerprint density at radius 2 is 1.95 bits per heavy atom. The zero-order chi connectivity index (χ0) is 15.1. The quantitative estimate of drug-likeness (QED) is 0.844. The number of carbonyl (C=O) groups is 1. The molecule has 2 saturated heterocycles. The smallest absolute Gasteiger partial charge is 0.239 e. The van der Waals surface area contributed by atoms with Crippen molar-refractivity contribution < 1.29 is 4.79 Å². The van der Waals surface area contributed by atoms with Gasteiger partial charge in [-0.15, -0.1) is 0 Å². The van der Waals surface area contributed by atoms with Crippen molar-refractivity contribution in [1.82, 2.24) is 15.1 Å². The van der Waals surface area contributed by atoms with Gasteiger partial charge in [-0.25, -0.2) is 0 Å². The second kappa shape index (κ2) is 8.74. The normalized spacial score (nSPS) is 25.7. The van der Waals surface area contributed by atoms with Crippen LogP contribution >= 0.6 is 0 Å². The number of likely N-dealkylation sites (N-methyl/N-ethyl adjacent to an activating group) is 1. The van der Waals surface area contributed by atoms with E-state index in [0.717, 1.165) is 39.3 Å². The van der Waals surface area contributed by atoms with E-state index >= 15 is 0 Å². The highest BCUT2D eigenvalue weighted by Gasteiger charge is 2.27. The van der Waals surface area contributed by atoms with E-state index in [1.807, 2.05) is 0 Å². The number of amides is 1. The summed E-state index contributed by atoms with van der Waals surface area (Å²) in [5, 5.41) is 3.48. The zero-order valence-electron chi connectivity index (χ0n) is 13.9. The molecule has 0 aliphatic carbocycles. The van der Waals surface area contributed by atoms with Crippen molar-refractivity contribution in [1.29, 1.82) is 0 Å². The molecule has 0 aromatic heterocycles. The SMILES string of the molecule is CCN(CC1CCCNC1)C(C)C(=O)N1CCCCCC1. The first-order valence-electron chi connectivity index (χ1n) is 8.96. The highest BCUT2D eigenvalue weighted by atomic mass is 16.2. The molecular weight excluding hydrogens is 262 g/mol. The van der Waals surface area contributed by atoms with Crippen LogP contribution in [0.15, 0.2) is 0 Å². The Morgan fingerprint density at radius 3 is 2.52 bits per heavy atom. The van der Waals surface area contributed by atoms with E-state index in [9.17, 15) is 4.79 Å². The molecular formula is C17H33N3O. The van der Waals surface area contributed by atoms with Crippen LogP contribution in [-0.4, -0.2) is 61.0 Å². The number of hydrogen-bond donors (Lipinski definition) is 1. The molecule has 21 heavy (non-hydrogen) atoms. The molecule has 2 rings (SSSR count). The minimum atomic E-state index is 0.0371. The molecule has 2 aliphatic rings. The lowest BCUT2D eigenvalue weighted by molar-refractivity contribution is -0.136. The Kier molecular flexibility index (Phi) is 6.97. The molecule has 2 atom stereocenters. The first kappa shape index (κ1) is 16.8. The molecule has 1 N–H and O–H groups in total. The van der Waals surface area contributed by atoms with Gasteiger partial charge in [0.1, 0.15) is 0 Å². The van der Waals surface area contributed by atoms with Crippen molar-refractivity contribution in [3.05, 3.63) is 0 Å². The Labute approximate surface area is 130 Å². The molecule has 0 spiro atoms. The molecule has 4 nitrogen and oxygen atoms in total. The highest BCUT2D eigenvalue weighted by molar-refractivity contribution is 5.81. The maximum atomic E-state index is 12.8. The topological polar surface area (TPSA) is 35.6 Å². The van der Waals surface area contributed by atoms with Crippen LogP contribution < -0.4 is 5.32 Å². The fourth-order valence-corrected chi connectivity index (χ4v) is 3.68. The summed E-state index contributed by atoms with van der Waals surface area (Å²) < 4.78 is 0. The van der Waals surface area contributed by atoms with Crippen LogP contribution in [0.2, 0.25) is 0 Å². The van der Waals surface area contributed by atoms with Gasteiger partial charge < -0.3 is 10.2 Å². The third-order valence-electron chi connectivity index (χ3n) is 5.12. The fraction of sp³-hybridized carbons (Fsp3) is 0.941. The Balaban J connectivity index is 1.87. The van der Waals surface area contributed by atoms with Crippen molar-refractivity contribution >= 4 is 5.91 Å². The molecule has 0 saturated carbocycles. The van der Waals surface area contributed by atoms with Crippen molar-refractivity contribution in [2.75, 3.05) is 39.3 Å². The van der Waals surface area contributed by atoms with E-state index in [1.54, 1.807) is 0 Å². The summed E-state index contributed by atoms with van der Waals surface area (Å²) in [5.74, 6) is 1.06. The van der Waals surface area contributed by atoms with Gasteiger partial charge in [-0.2, -0.15) is 0 Å². The minimum Gasteiger partial charge on any atom is -0.341 e. The molecule has 0 aromatic rings. The molecule has 2 aliphatic heterocycles. The van der Waals surface area contributed by atoms with Gasteiger partial charge in [-0.05, 0) is 58.2 Å². The molecule has 1 amide bonds. The second-order valence-electron chi connectivity index (χ2n) is 6.72. The summed E-state index contributed by atoms with van der Waals surface area (Å²) in [5.41, 5.74) is 0. The number of piperidine rings is 1. The lowest BCUT2D eigenvalue weighted by Gasteiger charge is -2.35. The molecule has 2 fully saturated rings. The fourth-order valence-electron chi connectivity index (χ4n) is 3.68. The molecule has 4 heteroatoms. The standard InChI is InChI=1S/C17H33N3O/c1-3-19(14-16-9-8-10-18-13-16)15(2)17(21)20-11-6-4-5-7-12-20/h15-16,18H,3-14H2,1-2H3. The number of likely N-dealkylation sites (tertiary alicyclic amines) is 1. The third kappa shape index (κ3) is 4.96. The van der Waals surface area contributed by atoms with Gasteiger partial charge >= 0.3 is 0 Å². The lowest BCUT2D eigenvalue weighted by atomic mass is 9.98. The second-order valence-corrected chi connectivity index (χ2v) is 6.72. The number of rotatable bonds is 5. The van der Waals surface area contributed by atoms with Gasteiger partial charge in [0.25, 0.3) is 0 Å². The summed E-state index contributed by atoms with van der Waals surface area (Å²) in [6.07, 6.45) is 7.49. The summed E-state index contributed by atoms with van der Waals surface area (Å²) in [6.45, 7) is 10.5. The van der Waals surface area contributed by atoms with Gasteiger partial charge in [0.05, 0.1) is 6.04 Å². The predicted molar refractivity (Wildman–Crippen MR) is 87.4 cm³/mol. The predicted octanol–water partition coefficient (Wildman–Crippen LogP) is 2.10. The average molecular weight is 295 g/mol. The van der Waals surface area contributed by atoms with E-state index in [-0.39, 0.29) is 6.04 Å². The number of nitrogens with zero attached hydrogens (tertiary/aromatic N) is 2. The number of nitrogens with one attached hydrogen (secondary N) is 1. The van der Waals surface area contributed by atoms with Crippen LogP contribution in [0.1, 0.15) is 52.4 Å². The monoisotopic (exact) mass is 295 g/mol. The average Bonchev–Trinajstić information content (AvgIpc) is 2.81. The van der Waals surface area contributed by atoms with Crippen LogP contribution in [0.4, 0.5) is 0 Å². The summed E-state index contributed by atoms with van der Waals surface area (Å²) in [4.78, 5) is 17.3. The summed E-state index contributed by atoms with van der Waals surface area (Å²) in [6, 6.07) is 0.0371. The van der Waals surface area contributed by atoms with E-state index in [1.165, 1.54) is 38.5 Å². The molecule has 0 radical (unpaired) electrons. The Morgan fingerprint density at radius 1 is 1.24 bits per heavy atom. The number of carbonyl (C=O) groups excluding carboxylic acids is 1. The Hall–Kier alpha value is -0.610. The number of hydrogen-bond acceptors (Lipinski definition) is 3.